The van der Waals surface area contributed by atoms with E-state index >= 15 is 0 Å². The second-order valence-corrected chi connectivity index (χ2v) is 5.29. The highest BCUT2D eigenvalue weighted by Gasteiger charge is 2.13. The first kappa shape index (κ1) is 12.8. The van der Waals surface area contributed by atoms with E-state index in [1.165, 1.54) is 5.69 Å². The van der Waals surface area contributed by atoms with Gasteiger partial charge in [-0.15, -0.1) is 0 Å². The summed E-state index contributed by atoms with van der Waals surface area (Å²) in [5.41, 5.74) is 2.32. The van der Waals surface area contributed by atoms with Gasteiger partial charge in [-0.25, -0.2) is 4.98 Å². The fourth-order valence-corrected chi connectivity index (χ4v) is 2.41. The van der Waals surface area contributed by atoms with Gasteiger partial charge in [0.15, 0.2) is 0 Å². The number of hydrogen-bond acceptors (Lipinski definition) is 4. The molecule has 0 amide bonds. The van der Waals surface area contributed by atoms with Gasteiger partial charge in [0, 0.05) is 25.3 Å². The number of pyridine rings is 1. The van der Waals surface area contributed by atoms with Crippen LogP contribution in [0, 0.1) is 0 Å². The van der Waals surface area contributed by atoms with Gasteiger partial charge in [-0.1, -0.05) is 0 Å². The summed E-state index contributed by atoms with van der Waals surface area (Å²) in [5.74, 6) is 0. The van der Waals surface area contributed by atoms with Gasteiger partial charge < -0.3 is 14.5 Å². The summed E-state index contributed by atoms with van der Waals surface area (Å²) in [6.45, 7) is 4.39. The van der Waals surface area contributed by atoms with E-state index in [0.717, 1.165) is 43.1 Å². The third-order valence-corrected chi connectivity index (χ3v) is 3.09. The summed E-state index contributed by atoms with van der Waals surface area (Å²) in [7, 11) is 4.11. The van der Waals surface area contributed by atoms with Crippen molar-refractivity contribution < 1.29 is 4.74 Å². The van der Waals surface area contributed by atoms with Gasteiger partial charge in [0.1, 0.15) is 4.60 Å². The summed E-state index contributed by atoms with van der Waals surface area (Å²) < 4.78 is 6.27. The van der Waals surface area contributed by atoms with Crippen molar-refractivity contribution in [3.8, 4) is 0 Å². The van der Waals surface area contributed by atoms with Crippen LogP contribution in [0.25, 0.3) is 0 Å². The zero-order chi connectivity index (χ0) is 12.3. The average Bonchev–Trinajstić information content (AvgIpc) is 2.28. The van der Waals surface area contributed by atoms with Crippen LogP contribution in [0.15, 0.2) is 16.7 Å². The number of ether oxygens (including phenoxy) is 1. The number of morpholine rings is 1. The minimum Gasteiger partial charge on any atom is -0.378 e. The second kappa shape index (κ2) is 5.80. The molecule has 0 atom stereocenters. The molecule has 1 saturated heterocycles. The van der Waals surface area contributed by atoms with E-state index in [1.54, 1.807) is 0 Å². The lowest BCUT2D eigenvalue weighted by Gasteiger charge is -2.29. The number of rotatable bonds is 3. The number of halogens is 1. The van der Waals surface area contributed by atoms with Crippen LogP contribution in [0.4, 0.5) is 5.69 Å². The molecule has 94 valence electrons. The third kappa shape index (κ3) is 3.66. The minimum absolute atomic E-state index is 0.808. The van der Waals surface area contributed by atoms with Crippen LogP contribution < -0.4 is 4.90 Å². The molecule has 1 aromatic heterocycles. The van der Waals surface area contributed by atoms with Crippen LogP contribution in [-0.4, -0.2) is 50.3 Å². The van der Waals surface area contributed by atoms with Gasteiger partial charge in [0.25, 0.3) is 0 Å². The molecule has 2 heterocycles. The predicted molar refractivity (Wildman–Crippen MR) is 72.4 cm³/mol. The zero-order valence-corrected chi connectivity index (χ0v) is 11.9. The number of aromatic nitrogens is 1. The Morgan fingerprint density at radius 1 is 1.35 bits per heavy atom. The Morgan fingerprint density at radius 3 is 2.71 bits per heavy atom. The molecule has 0 aliphatic carbocycles. The fraction of sp³-hybridized carbons (Fsp3) is 0.583. The van der Waals surface area contributed by atoms with E-state index in [4.69, 9.17) is 4.74 Å². The van der Waals surface area contributed by atoms with Crippen molar-refractivity contribution in [3.63, 3.8) is 0 Å². The lowest BCUT2D eigenvalue weighted by molar-refractivity contribution is 0.122. The molecular weight excluding hydrogens is 282 g/mol. The first-order valence-electron chi connectivity index (χ1n) is 5.79. The first-order chi connectivity index (χ1) is 8.15. The smallest absolute Gasteiger partial charge is 0.108 e. The van der Waals surface area contributed by atoms with Crippen LogP contribution in [0.2, 0.25) is 0 Å². The van der Waals surface area contributed by atoms with Gasteiger partial charge in [0.05, 0.1) is 18.9 Å². The highest BCUT2D eigenvalue weighted by atomic mass is 79.9. The summed E-state index contributed by atoms with van der Waals surface area (Å²) in [6.07, 6.45) is 0. The summed E-state index contributed by atoms with van der Waals surface area (Å²) in [6, 6.07) is 4.24. The molecule has 0 unspecified atom stereocenters. The molecule has 5 heteroatoms. The van der Waals surface area contributed by atoms with E-state index < -0.39 is 0 Å². The molecule has 0 bridgehead atoms. The number of nitrogens with zero attached hydrogens (tertiary/aromatic N) is 3. The van der Waals surface area contributed by atoms with Crippen LogP contribution in [0.3, 0.4) is 0 Å². The molecule has 0 aromatic carbocycles. The van der Waals surface area contributed by atoms with Crippen LogP contribution in [0.5, 0.6) is 0 Å². The molecule has 17 heavy (non-hydrogen) atoms. The van der Waals surface area contributed by atoms with Crippen molar-refractivity contribution in [2.24, 2.45) is 0 Å². The van der Waals surface area contributed by atoms with E-state index in [-0.39, 0.29) is 0 Å². The maximum Gasteiger partial charge on any atom is 0.108 e. The van der Waals surface area contributed by atoms with Crippen molar-refractivity contribution >= 4 is 21.6 Å². The molecule has 0 spiro atoms. The molecular formula is C12H18BrN3O. The quantitative estimate of drug-likeness (QED) is 0.795. The highest BCUT2D eigenvalue weighted by Crippen LogP contribution is 2.21. The first-order valence-corrected chi connectivity index (χ1v) is 6.58. The second-order valence-electron chi connectivity index (χ2n) is 4.48. The molecule has 1 fully saturated rings. The molecule has 2 rings (SSSR count). The van der Waals surface area contributed by atoms with Crippen molar-refractivity contribution in [2.75, 3.05) is 45.3 Å². The van der Waals surface area contributed by atoms with Gasteiger partial charge in [0.2, 0.25) is 0 Å². The van der Waals surface area contributed by atoms with Gasteiger partial charge >= 0.3 is 0 Å². The number of anilines is 1. The van der Waals surface area contributed by atoms with Gasteiger partial charge in [-0.3, -0.25) is 0 Å². The standard InChI is InChI=1S/C12H18BrN3O/c1-15(2)9-10-7-11(8-12(13)14-10)16-3-5-17-6-4-16/h7-8H,3-6,9H2,1-2H3. The molecule has 0 saturated carbocycles. The maximum absolute atomic E-state index is 5.37. The fourth-order valence-electron chi connectivity index (χ4n) is 1.95. The normalized spacial score (nSPS) is 16.6. The lowest BCUT2D eigenvalue weighted by Crippen LogP contribution is -2.36. The Balaban J connectivity index is 2.18. The molecule has 1 aromatic rings. The van der Waals surface area contributed by atoms with E-state index in [9.17, 15) is 0 Å². The summed E-state index contributed by atoms with van der Waals surface area (Å²) in [4.78, 5) is 8.95. The Labute approximate surface area is 111 Å². The van der Waals surface area contributed by atoms with Gasteiger partial charge in [-0.05, 0) is 42.2 Å². The molecule has 0 radical (unpaired) electrons. The maximum atomic E-state index is 5.37. The summed E-state index contributed by atoms with van der Waals surface area (Å²) in [5, 5.41) is 0. The lowest BCUT2D eigenvalue weighted by atomic mass is 10.2. The average molecular weight is 300 g/mol. The van der Waals surface area contributed by atoms with Crippen molar-refractivity contribution in [1.82, 2.24) is 9.88 Å². The van der Waals surface area contributed by atoms with E-state index in [0.29, 0.717) is 0 Å². The van der Waals surface area contributed by atoms with Crippen molar-refractivity contribution in [1.29, 1.82) is 0 Å². The monoisotopic (exact) mass is 299 g/mol. The van der Waals surface area contributed by atoms with Crippen LogP contribution in [0.1, 0.15) is 5.69 Å². The third-order valence-electron chi connectivity index (χ3n) is 2.69. The van der Waals surface area contributed by atoms with Crippen LogP contribution in [-0.2, 0) is 11.3 Å². The van der Waals surface area contributed by atoms with Gasteiger partial charge in [-0.2, -0.15) is 0 Å². The molecule has 1 aliphatic rings. The Morgan fingerprint density at radius 2 is 2.06 bits per heavy atom. The predicted octanol–water partition coefficient (Wildman–Crippen LogP) is 1.74. The highest BCUT2D eigenvalue weighted by molar-refractivity contribution is 9.10. The largest absolute Gasteiger partial charge is 0.378 e. The molecule has 4 nitrogen and oxygen atoms in total. The van der Waals surface area contributed by atoms with Crippen LogP contribution >= 0.6 is 15.9 Å². The zero-order valence-electron chi connectivity index (χ0n) is 10.3. The van der Waals surface area contributed by atoms with Crippen molar-refractivity contribution in [3.05, 3.63) is 22.4 Å². The Kier molecular flexibility index (Phi) is 4.36. The molecule has 1 aliphatic heterocycles. The van der Waals surface area contributed by atoms with E-state index in [2.05, 4.69) is 56.9 Å². The SMILES string of the molecule is CN(C)Cc1cc(N2CCOCC2)cc(Br)n1. The topological polar surface area (TPSA) is 28.6 Å². The Hall–Kier alpha value is -0.650. The molecule has 0 N–H and O–H groups in total. The van der Waals surface area contributed by atoms with Crippen molar-refractivity contribution in [2.45, 2.75) is 6.54 Å². The number of hydrogen-bond donors (Lipinski definition) is 0. The van der Waals surface area contributed by atoms with E-state index in [1.807, 2.05) is 0 Å². The minimum atomic E-state index is 0.808. The Bertz CT molecular complexity index is 378. The summed E-state index contributed by atoms with van der Waals surface area (Å²) >= 11 is 3.48.